The van der Waals surface area contributed by atoms with E-state index in [-0.39, 0.29) is 18.4 Å². The molecule has 1 aromatic heterocycles. The molecule has 2 amide bonds. The van der Waals surface area contributed by atoms with Gasteiger partial charge in [0.1, 0.15) is 5.76 Å². The summed E-state index contributed by atoms with van der Waals surface area (Å²) in [6, 6.07) is 8.76. The largest absolute Gasteiger partial charge is 0.493 e. The zero-order chi connectivity index (χ0) is 19.4. The summed E-state index contributed by atoms with van der Waals surface area (Å²) in [5.74, 6) is 1.52. The molecule has 1 aliphatic heterocycles. The Labute approximate surface area is 161 Å². The quantitative estimate of drug-likeness (QED) is 0.512. The van der Waals surface area contributed by atoms with Crippen molar-refractivity contribution in [3.8, 4) is 11.5 Å². The van der Waals surface area contributed by atoms with Crippen LogP contribution in [0.25, 0.3) is 5.57 Å². The highest BCUT2D eigenvalue weighted by Crippen LogP contribution is 2.40. The van der Waals surface area contributed by atoms with Crippen LogP contribution in [0.1, 0.15) is 11.3 Å². The van der Waals surface area contributed by atoms with Crippen molar-refractivity contribution in [1.29, 1.82) is 0 Å². The van der Waals surface area contributed by atoms with Gasteiger partial charge in [-0.15, -0.1) is 18.3 Å². The highest BCUT2D eigenvalue weighted by Gasteiger charge is 2.38. The number of ether oxygens (including phenoxy) is 2. The van der Waals surface area contributed by atoms with E-state index in [1.54, 1.807) is 30.5 Å². The molecule has 2 aromatic rings. The molecule has 0 aliphatic carbocycles. The monoisotopic (exact) mass is 385 g/mol. The fraction of sp³-hybridized carbons (Fsp3) is 0.200. The van der Waals surface area contributed by atoms with Gasteiger partial charge in [0.2, 0.25) is 0 Å². The molecule has 140 valence electrons. The maximum Gasteiger partial charge on any atom is 0.268 e. The SMILES string of the molecule is C=CCN1C(=O)C(SCc2ccco2)=C(c2ccc(OC)c(OC)c2)C1=O. The van der Waals surface area contributed by atoms with E-state index < -0.39 is 0 Å². The fourth-order valence-corrected chi connectivity index (χ4v) is 3.80. The average molecular weight is 385 g/mol. The van der Waals surface area contributed by atoms with Crippen molar-refractivity contribution in [3.63, 3.8) is 0 Å². The van der Waals surface area contributed by atoms with Gasteiger partial charge in [-0.05, 0) is 29.8 Å². The van der Waals surface area contributed by atoms with Gasteiger partial charge in [0.15, 0.2) is 11.5 Å². The van der Waals surface area contributed by atoms with Crippen LogP contribution in [0.4, 0.5) is 0 Å². The number of carbonyl (C=O) groups excluding carboxylic acids is 2. The molecule has 6 nitrogen and oxygen atoms in total. The lowest BCUT2D eigenvalue weighted by atomic mass is 10.1. The van der Waals surface area contributed by atoms with Crippen molar-refractivity contribution in [2.24, 2.45) is 0 Å². The van der Waals surface area contributed by atoms with Crippen LogP contribution >= 0.6 is 11.8 Å². The van der Waals surface area contributed by atoms with E-state index in [2.05, 4.69) is 6.58 Å². The third-order valence-corrected chi connectivity index (χ3v) is 5.14. The van der Waals surface area contributed by atoms with E-state index >= 15 is 0 Å². The lowest BCUT2D eigenvalue weighted by molar-refractivity contribution is -0.135. The molecule has 1 aliphatic rings. The molecule has 0 saturated carbocycles. The lowest BCUT2D eigenvalue weighted by Gasteiger charge is -2.12. The summed E-state index contributed by atoms with van der Waals surface area (Å²) in [6.45, 7) is 3.78. The van der Waals surface area contributed by atoms with Crippen LogP contribution < -0.4 is 9.47 Å². The van der Waals surface area contributed by atoms with Gasteiger partial charge in [-0.1, -0.05) is 12.1 Å². The fourth-order valence-electron chi connectivity index (χ4n) is 2.77. The molecule has 0 N–H and O–H groups in total. The molecular formula is C20H19NO5S. The van der Waals surface area contributed by atoms with E-state index in [4.69, 9.17) is 13.9 Å². The second kappa shape index (κ2) is 8.18. The minimum absolute atomic E-state index is 0.152. The maximum absolute atomic E-state index is 12.9. The molecule has 0 unspecified atom stereocenters. The van der Waals surface area contributed by atoms with Gasteiger partial charge >= 0.3 is 0 Å². The zero-order valence-electron chi connectivity index (χ0n) is 15.1. The highest BCUT2D eigenvalue weighted by atomic mass is 32.2. The van der Waals surface area contributed by atoms with E-state index in [1.807, 2.05) is 6.07 Å². The molecule has 0 radical (unpaired) electrons. The van der Waals surface area contributed by atoms with E-state index in [0.717, 1.165) is 5.76 Å². The molecule has 0 atom stereocenters. The number of furan rings is 1. The summed E-state index contributed by atoms with van der Waals surface area (Å²) in [7, 11) is 3.06. The van der Waals surface area contributed by atoms with E-state index in [0.29, 0.717) is 33.3 Å². The Morgan fingerprint density at radius 3 is 2.56 bits per heavy atom. The first-order valence-electron chi connectivity index (χ1n) is 8.19. The predicted molar refractivity (Wildman–Crippen MR) is 103 cm³/mol. The van der Waals surface area contributed by atoms with Crippen molar-refractivity contribution in [2.75, 3.05) is 20.8 Å². The Hall–Kier alpha value is -2.93. The van der Waals surface area contributed by atoms with Crippen molar-refractivity contribution >= 4 is 29.1 Å². The smallest absolute Gasteiger partial charge is 0.268 e. The zero-order valence-corrected chi connectivity index (χ0v) is 15.9. The standard InChI is InChI=1S/C20H19NO5S/c1-4-9-21-19(22)17(13-7-8-15(24-2)16(11-13)25-3)18(20(21)23)27-12-14-6-5-10-26-14/h4-8,10-11H,1,9,12H2,2-3H3. The molecule has 1 aromatic carbocycles. The number of rotatable bonds is 8. The summed E-state index contributed by atoms with van der Waals surface area (Å²) in [5, 5.41) is 0. The van der Waals surface area contributed by atoms with Crippen LogP contribution in [0.15, 0.2) is 58.6 Å². The number of nitrogens with zero attached hydrogens (tertiary/aromatic N) is 1. The van der Waals surface area contributed by atoms with Crippen molar-refractivity contribution in [1.82, 2.24) is 4.90 Å². The average Bonchev–Trinajstić information content (AvgIpc) is 3.28. The first kappa shape index (κ1) is 18.8. The first-order valence-corrected chi connectivity index (χ1v) is 9.18. The number of imide groups is 1. The number of amides is 2. The minimum atomic E-state index is -0.353. The number of carbonyl (C=O) groups is 2. The summed E-state index contributed by atoms with van der Waals surface area (Å²) >= 11 is 1.28. The van der Waals surface area contributed by atoms with E-state index in [1.165, 1.54) is 37.0 Å². The lowest BCUT2D eigenvalue weighted by Crippen LogP contribution is -2.31. The highest BCUT2D eigenvalue weighted by molar-refractivity contribution is 8.03. The Bertz CT molecular complexity index is 901. The summed E-state index contributed by atoms with van der Waals surface area (Å²) in [6.07, 6.45) is 3.10. The molecule has 27 heavy (non-hydrogen) atoms. The predicted octanol–water partition coefficient (Wildman–Crippen LogP) is 3.50. The minimum Gasteiger partial charge on any atom is -0.493 e. The molecular weight excluding hydrogens is 366 g/mol. The summed E-state index contributed by atoms with van der Waals surface area (Å²) < 4.78 is 15.9. The van der Waals surface area contributed by atoms with E-state index in [9.17, 15) is 9.59 Å². The second-order valence-electron chi connectivity index (χ2n) is 5.65. The van der Waals surface area contributed by atoms with Crippen molar-refractivity contribution < 1.29 is 23.5 Å². The van der Waals surface area contributed by atoms with Gasteiger partial charge < -0.3 is 13.9 Å². The molecule has 0 saturated heterocycles. The third-order valence-electron chi connectivity index (χ3n) is 4.05. The Morgan fingerprint density at radius 2 is 1.93 bits per heavy atom. The van der Waals surface area contributed by atoms with Gasteiger partial charge in [0, 0.05) is 6.54 Å². The molecule has 7 heteroatoms. The Balaban J connectivity index is 2.03. The molecule has 0 bridgehead atoms. The topological polar surface area (TPSA) is 69.0 Å². The summed E-state index contributed by atoms with van der Waals surface area (Å²) in [5.41, 5.74) is 0.943. The number of hydrogen-bond acceptors (Lipinski definition) is 6. The molecule has 3 rings (SSSR count). The molecule has 2 heterocycles. The number of methoxy groups -OCH3 is 2. The van der Waals surface area contributed by atoms with Gasteiger partial charge in [-0.3, -0.25) is 14.5 Å². The third kappa shape index (κ3) is 3.64. The Kier molecular flexibility index (Phi) is 5.71. The normalized spacial score (nSPS) is 14.1. The van der Waals surface area contributed by atoms with Crippen molar-refractivity contribution in [3.05, 3.63) is 65.5 Å². The van der Waals surface area contributed by atoms with Gasteiger partial charge in [-0.2, -0.15) is 0 Å². The maximum atomic E-state index is 12.9. The van der Waals surface area contributed by atoms with Crippen LogP contribution in [0.5, 0.6) is 11.5 Å². The molecule has 0 spiro atoms. The Morgan fingerprint density at radius 1 is 1.15 bits per heavy atom. The summed E-state index contributed by atoms with van der Waals surface area (Å²) in [4.78, 5) is 27.3. The molecule has 0 fully saturated rings. The van der Waals surface area contributed by atoms with Crippen LogP contribution in [0.2, 0.25) is 0 Å². The van der Waals surface area contributed by atoms with Crippen LogP contribution in [-0.2, 0) is 15.3 Å². The first-order chi connectivity index (χ1) is 13.1. The number of thioether (sulfide) groups is 1. The van der Waals surface area contributed by atoms with Gasteiger partial charge in [0.05, 0.1) is 36.7 Å². The number of hydrogen-bond donors (Lipinski definition) is 0. The van der Waals surface area contributed by atoms with Crippen LogP contribution in [0, 0.1) is 0 Å². The van der Waals surface area contributed by atoms with Crippen LogP contribution in [-0.4, -0.2) is 37.5 Å². The van der Waals surface area contributed by atoms with Crippen LogP contribution in [0.3, 0.4) is 0 Å². The number of benzene rings is 1. The van der Waals surface area contributed by atoms with Gasteiger partial charge in [-0.25, -0.2) is 0 Å². The van der Waals surface area contributed by atoms with Gasteiger partial charge in [0.25, 0.3) is 11.8 Å². The van der Waals surface area contributed by atoms with Crippen molar-refractivity contribution in [2.45, 2.75) is 5.75 Å². The second-order valence-corrected chi connectivity index (χ2v) is 6.64.